The summed E-state index contributed by atoms with van der Waals surface area (Å²) in [5.41, 5.74) is 8.55. The van der Waals surface area contributed by atoms with Crippen LogP contribution in [-0.4, -0.2) is 4.98 Å². The molecule has 0 saturated heterocycles. The van der Waals surface area contributed by atoms with Gasteiger partial charge in [0, 0.05) is 17.3 Å². The summed E-state index contributed by atoms with van der Waals surface area (Å²) in [4.78, 5) is 7.27. The van der Waals surface area contributed by atoms with Crippen LogP contribution in [0, 0.1) is 6.92 Å². The van der Waals surface area contributed by atoms with Crippen LogP contribution in [0.3, 0.4) is 0 Å². The molecule has 1 atom stereocenters. The number of hydrogen-bond acceptors (Lipinski definition) is 4. The first-order chi connectivity index (χ1) is 9.74. The molecule has 2 heterocycles. The number of benzene rings is 1. The number of aromatic nitrogens is 1. The zero-order valence-electron chi connectivity index (χ0n) is 11.2. The molecule has 4 heteroatoms. The standard InChI is InChI=1S/C16H16N2S2/c1-11-16(14-8-5-9-19-14)18-15(20-11)10-13(17)12-6-3-2-4-7-12/h2-9,13H,10,17H2,1H3. The molecule has 2 aromatic heterocycles. The molecule has 2 nitrogen and oxygen atoms in total. The zero-order valence-corrected chi connectivity index (χ0v) is 12.9. The molecule has 20 heavy (non-hydrogen) atoms. The van der Waals surface area contributed by atoms with Crippen molar-refractivity contribution in [3.05, 3.63) is 63.3 Å². The van der Waals surface area contributed by atoms with Gasteiger partial charge in [0.05, 0.1) is 15.6 Å². The smallest absolute Gasteiger partial charge is 0.0954 e. The highest BCUT2D eigenvalue weighted by molar-refractivity contribution is 7.15. The molecule has 0 spiro atoms. The Kier molecular flexibility index (Phi) is 3.96. The van der Waals surface area contributed by atoms with Crippen LogP contribution < -0.4 is 5.73 Å². The Morgan fingerprint density at radius 2 is 1.95 bits per heavy atom. The van der Waals surface area contributed by atoms with Crippen LogP contribution in [0.2, 0.25) is 0 Å². The number of nitrogens with zero attached hydrogens (tertiary/aromatic N) is 1. The van der Waals surface area contributed by atoms with Crippen molar-refractivity contribution >= 4 is 22.7 Å². The molecule has 0 saturated carbocycles. The lowest BCUT2D eigenvalue weighted by Gasteiger charge is -2.09. The highest BCUT2D eigenvalue weighted by Gasteiger charge is 2.14. The first-order valence-corrected chi connectivity index (χ1v) is 8.24. The molecule has 2 N–H and O–H groups in total. The van der Waals surface area contributed by atoms with Crippen LogP contribution in [0.15, 0.2) is 47.8 Å². The molecule has 0 fully saturated rings. The zero-order chi connectivity index (χ0) is 13.9. The number of nitrogens with two attached hydrogens (primary N) is 1. The molecule has 3 aromatic rings. The predicted molar refractivity (Wildman–Crippen MR) is 87.2 cm³/mol. The van der Waals surface area contributed by atoms with Gasteiger partial charge in [0.2, 0.25) is 0 Å². The number of rotatable bonds is 4. The van der Waals surface area contributed by atoms with Crippen molar-refractivity contribution in [1.82, 2.24) is 4.98 Å². The Morgan fingerprint density at radius 3 is 2.65 bits per heavy atom. The highest BCUT2D eigenvalue weighted by atomic mass is 32.1. The maximum atomic E-state index is 6.27. The van der Waals surface area contributed by atoms with E-state index >= 15 is 0 Å². The van der Waals surface area contributed by atoms with E-state index in [1.165, 1.54) is 9.75 Å². The van der Waals surface area contributed by atoms with Crippen LogP contribution in [0.5, 0.6) is 0 Å². The third-order valence-electron chi connectivity index (χ3n) is 3.22. The largest absolute Gasteiger partial charge is 0.324 e. The minimum Gasteiger partial charge on any atom is -0.324 e. The van der Waals surface area contributed by atoms with Gasteiger partial charge in [-0.2, -0.15) is 0 Å². The molecule has 0 aliphatic heterocycles. The summed E-state index contributed by atoms with van der Waals surface area (Å²) in [5.74, 6) is 0. The SMILES string of the molecule is Cc1sc(CC(N)c2ccccc2)nc1-c1cccs1. The van der Waals surface area contributed by atoms with Crippen LogP contribution in [-0.2, 0) is 6.42 Å². The van der Waals surface area contributed by atoms with Gasteiger partial charge in [0.25, 0.3) is 0 Å². The summed E-state index contributed by atoms with van der Waals surface area (Å²) in [5, 5.41) is 3.20. The second-order valence-electron chi connectivity index (χ2n) is 4.71. The molecular formula is C16H16N2S2. The van der Waals surface area contributed by atoms with E-state index < -0.39 is 0 Å². The highest BCUT2D eigenvalue weighted by Crippen LogP contribution is 2.32. The second-order valence-corrected chi connectivity index (χ2v) is 6.95. The molecule has 0 aliphatic carbocycles. The summed E-state index contributed by atoms with van der Waals surface area (Å²) in [6, 6.07) is 14.4. The van der Waals surface area contributed by atoms with Gasteiger partial charge >= 0.3 is 0 Å². The third kappa shape index (κ3) is 2.82. The maximum Gasteiger partial charge on any atom is 0.0954 e. The second kappa shape index (κ2) is 5.87. The Hall–Kier alpha value is -1.49. The first-order valence-electron chi connectivity index (χ1n) is 6.55. The summed E-state index contributed by atoms with van der Waals surface area (Å²) in [6.07, 6.45) is 0.793. The maximum absolute atomic E-state index is 6.27. The molecular weight excluding hydrogens is 284 g/mol. The van der Waals surface area contributed by atoms with Crippen LogP contribution in [0.25, 0.3) is 10.6 Å². The first kappa shape index (κ1) is 13.5. The van der Waals surface area contributed by atoms with Crippen molar-refractivity contribution in [2.75, 3.05) is 0 Å². The van der Waals surface area contributed by atoms with Crippen molar-refractivity contribution in [2.24, 2.45) is 5.73 Å². The van der Waals surface area contributed by atoms with Gasteiger partial charge in [-0.15, -0.1) is 22.7 Å². The van der Waals surface area contributed by atoms with Gasteiger partial charge < -0.3 is 5.73 Å². The topological polar surface area (TPSA) is 38.9 Å². The average molecular weight is 300 g/mol. The van der Waals surface area contributed by atoms with Gasteiger partial charge in [-0.25, -0.2) is 4.98 Å². The fraction of sp³-hybridized carbons (Fsp3) is 0.188. The van der Waals surface area contributed by atoms with Crippen molar-refractivity contribution in [3.63, 3.8) is 0 Å². The van der Waals surface area contributed by atoms with Crippen LogP contribution >= 0.6 is 22.7 Å². The molecule has 0 bridgehead atoms. The van der Waals surface area contributed by atoms with Gasteiger partial charge in [0.15, 0.2) is 0 Å². The molecule has 0 aliphatic rings. The number of thiazole rings is 1. The molecule has 1 unspecified atom stereocenters. The normalized spacial score (nSPS) is 12.5. The predicted octanol–water partition coefficient (Wildman–Crippen LogP) is 4.42. The van der Waals surface area contributed by atoms with Crippen LogP contribution in [0.4, 0.5) is 0 Å². The number of aryl methyl sites for hydroxylation is 1. The Morgan fingerprint density at radius 1 is 1.15 bits per heavy atom. The Balaban J connectivity index is 1.81. The van der Waals surface area contributed by atoms with Gasteiger partial charge in [-0.3, -0.25) is 0 Å². The number of hydrogen-bond donors (Lipinski definition) is 1. The van der Waals surface area contributed by atoms with E-state index in [2.05, 4.69) is 36.6 Å². The molecule has 0 radical (unpaired) electrons. The minimum atomic E-state index is 0.0120. The fourth-order valence-electron chi connectivity index (χ4n) is 2.19. The van der Waals surface area contributed by atoms with E-state index in [0.29, 0.717) is 0 Å². The molecule has 3 rings (SSSR count). The van der Waals surface area contributed by atoms with E-state index in [0.717, 1.165) is 22.7 Å². The summed E-state index contributed by atoms with van der Waals surface area (Å²) < 4.78 is 0. The van der Waals surface area contributed by atoms with Crippen molar-refractivity contribution in [3.8, 4) is 10.6 Å². The summed E-state index contributed by atoms with van der Waals surface area (Å²) in [7, 11) is 0. The molecule has 102 valence electrons. The Labute approximate surface area is 126 Å². The van der Waals surface area contributed by atoms with Gasteiger partial charge in [0.1, 0.15) is 0 Å². The lowest BCUT2D eigenvalue weighted by molar-refractivity contribution is 0.718. The van der Waals surface area contributed by atoms with Crippen molar-refractivity contribution < 1.29 is 0 Å². The lowest BCUT2D eigenvalue weighted by Crippen LogP contribution is -2.12. The Bertz CT molecular complexity index is 672. The van der Waals surface area contributed by atoms with E-state index in [1.807, 2.05) is 18.2 Å². The van der Waals surface area contributed by atoms with E-state index in [9.17, 15) is 0 Å². The summed E-state index contributed by atoms with van der Waals surface area (Å²) >= 11 is 3.48. The lowest BCUT2D eigenvalue weighted by atomic mass is 10.1. The average Bonchev–Trinajstić information content (AvgIpc) is 3.09. The van der Waals surface area contributed by atoms with Gasteiger partial charge in [-0.1, -0.05) is 36.4 Å². The van der Waals surface area contributed by atoms with Crippen LogP contribution in [0.1, 0.15) is 21.5 Å². The summed E-state index contributed by atoms with van der Waals surface area (Å²) in [6.45, 7) is 2.13. The quantitative estimate of drug-likeness (QED) is 0.774. The van der Waals surface area contributed by atoms with E-state index in [-0.39, 0.29) is 6.04 Å². The van der Waals surface area contributed by atoms with E-state index in [1.54, 1.807) is 22.7 Å². The van der Waals surface area contributed by atoms with Gasteiger partial charge in [-0.05, 0) is 23.9 Å². The molecule has 1 aromatic carbocycles. The van der Waals surface area contributed by atoms with E-state index in [4.69, 9.17) is 10.7 Å². The fourth-order valence-corrected chi connectivity index (χ4v) is 4.03. The third-order valence-corrected chi connectivity index (χ3v) is 5.09. The minimum absolute atomic E-state index is 0.0120. The number of thiophene rings is 1. The monoisotopic (exact) mass is 300 g/mol. The van der Waals surface area contributed by atoms with Crippen molar-refractivity contribution in [2.45, 2.75) is 19.4 Å². The molecule has 0 amide bonds. The van der Waals surface area contributed by atoms with Crippen molar-refractivity contribution in [1.29, 1.82) is 0 Å².